The van der Waals surface area contributed by atoms with Crippen LogP contribution in [0.5, 0.6) is 0 Å². The third kappa shape index (κ3) is 6.53. The standard InChI is InChI=1S/C19H28BrN5O2/c1-13-4-5-15(20)11-16(13)24-18(27)12-23-19(22-3)25-8-6-14(7-9-25)10-17(26)21-2/h4-5,11,14H,6-10,12H2,1-3H3,(H,21,26)(H,22,23)(H,24,27). The van der Waals surface area contributed by atoms with Crippen LogP contribution < -0.4 is 16.0 Å². The highest BCUT2D eigenvalue weighted by Crippen LogP contribution is 2.21. The molecule has 8 heteroatoms. The van der Waals surface area contributed by atoms with Crippen LogP contribution in [0.25, 0.3) is 0 Å². The Morgan fingerprint density at radius 3 is 2.59 bits per heavy atom. The Hall–Kier alpha value is -2.09. The number of aliphatic imine (C=N–C) groups is 1. The zero-order valence-electron chi connectivity index (χ0n) is 16.1. The van der Waals surface area contributed by atoms with Crippen LogP contribution in [0.3, 0.4) is 0 Å². The first kappa shape index (κ1) is 21.2. The normalized spacial score (nSPS) is 15.4. The lowest BCUT2D eigenvalue weighted by molar-refractivity contribution is -0.121. The molecule has 0 saturated carbocycles. The van der Waals surface area contributed by atoms with Gasteiger partial charge in [-0.3, -0.25) is 14.6 Å². The minimum atomic E-state index is -0.119. The number of hydrogen-bond acceptors (Lipinski definition) is 3. The first-order valence-electron chi connectivity index (χ1n) is 9.15. The molecular weight excluding hydrogens is 410 g/mol. The van der Waals surface area contributed by atoms with Gasteiger partial charge in [-0.25, -0.2) is 0 Å². The SMILES string of the molecule is CN=C(NCC(=O)Nc1cc(Br)ccc1C)N1CCC(CC(=O)NC)CC1. The number of guanidine groups is 1. The topological polar surface area (TPSA) is 85.8 Å². The molecule has 1 aromatic carbocycles. The maximum absolute atomic E-state index is 12.3. The minimum Gasteiger partial charge on any atom is -0.359 e. The van der Waals surface area contributed by atoms with Crippen LogP contribution in [0, 0.1) is 12.8 Å². The van der Waals surface area contributed by atoms with Crippen molar-refractivity contribution in [3.05, 3.63) is 28.2 Å². The first-order chi connectivity index (χ1) is 12.9. The van der Waals surface area contributed by atoms with Crippen molar-refractivity contribution in [3.63, 3.8) is 0 Å². The molecule has 1 fully saturated rings. The van der Waals surface area contributed by atoms with Gasteiger partial charge in [0.2, 0.25) is 11.8 Å². The second-order valence-corrected chi connectivity index (χ2v) is 7.63. The number of piperidine rings is 1. The number of nitrogens with zero attached hydrogens (tertiary/aromatic N) is 2. The number of amides is 2. The van der Waals surface area contributed by atoms with E-state index in [1.165, 1.54) is 0 Å². The molecule has 27 heavy (non-hydrogen) atoms. The van der Waals surface area contributed by atoms with Crippen molar-refractivity contribution in [2.45, 2.75) is 26.2 Å². The molecule has 0 aliphatic carbocycles. The highest BCUT2D eigenvalue weighted by atomic mass is 79.9. The molecule has 2 amide bonds. The fraction of sp³-hybridized carbons (Fsp3) is 0.526. The highest BCUT2D eigenvalue weighted by Gasteiger charge is 2.23. The molecule has 1 aliphatic rings. The lowest BCUT2D eigenvalue weighted by atomic mass is 9.93. The number of carbonyl (C=O) groups excluding carboxylic acids is 2. The van der Waals surface area contributed by atoms with Crippen molar-refractivity contribution < 1.29 is 9.59 Å². The van der Waals surface area contributed by atoms with Crippen molar-refractivity contribution in [1.82, 2.24) is 15.5 Å². The number of anilines is 1. The Labute approximate surface area is 169 Å². The molecule has 0 atom stereocenters. The predicted molar refractivity (Wildman–Crippen MR) is 112 cm³/mol. The molecule has 1 heterocycles. The molecule has 1 aromatic rings. The van der Waals surface area contributed by atoms with E-state index in [0.717, 1.165) is 47.6 Å². The smallest absolute Gasteiger partial charge is 0.243 e. The van der Waals surface area contributed by atoms with Gasteiger partial charge in [-0.05, 0) is 43.4 Å². The van der Waals surface area contributed by atoms with Gasteiger partial charge >= 0.3 is 0 Å². The van der Waals surface area contributed by atoms with Gasteiger partial charge < -0.3 is 20.9 Å². The Morgan fingerprint density at radius 2 is 1.96 bits per heavy atom. The first-order valence-corrected chi connectivity index (χ1v) is 9.94. The lowest BCUT2D eigenvalue weighted by Gasteiger charge is -2.34. The van der Waals surface area contributed by atoms with Crippen LogP contribution in [-0.4, -0.2) is 56.4 Å². The van der Waals surface area contributed by atoms with E-state index >= 15 is 0 Å². The van der Waals surface area contributed by atoms with Crippen LogP contribution >= 0.6 is 15.9 Å². The van der Waals surface area contributed by atoms with Gasteiger partial charge in [-0.1, -0.05) is 22.0 Å². The van der Waals surface area contributed by atoms with Gasteiger partial charge in [0.25, 0.3) is 0 Å². The van der Waals surface area contributed by atoms with E-state index in [9.17, 15) is 9.59 Å². The number of aryl methyl sites for hydroxylation is 1. The highest BCUT2D eigenvalue weighted by molar-refractivity contribution is 9.10. The van der Waals surface area contributed by atoms with E-state index in [1.807, 2.05) is 25.1 Å². The zero-order chi connectivity index (χ0) is 19.8. The largest absolute Gasteiger partial charge is 0.359 e. The molecule has 2 rings (SSSR count). The van der Waals surface area contributed by atoms with Crippen molar-refractivity contribution in [2.75, 3.05) is 39.0 Å². The summed E-state index contributed by atoms with van der Waals surface area (Å²) in [5, 5.41) is 8.73. The summed E-state index contributed by atoms with van der Waals surface area (Å²) >= 11 is 3.42. The molecule has 0 spiro atoms. The maximum atomic E-state index is 12.3. The third-order valence-electron chi connectivity index (χ3n) is 4.76. The number of rotatable bonds is 5. The molecule has 148 valence electrons. The number of benzene rings is 1. The molecule has 0 unspecified atom stereocenters. The van der Waals surface area contributed by atoms with E-state index in [1.54, 1.807) is 14.1 Å². The molecule has 0 radical (unpaired) electrons. The Bertz CT molecular complexity index is 699. The summed E-state index contributed by atoms with van der Waals surface area (Å²) in [6.45, 7) is 3.76. The molecule has 1 saturated heterocycles. The van der Waals surface area contributed by atoms with Gasteiger partial charge in [-0.2, -0.15) is 0 Å². The molecule has 3 N–H and O–H groups in total. The van der Waals surface area contributed by atoms with Gasteiger partial charge in [-0.15, -0.1) is 0 Å². The minimum absolute atomic E-state index is 0.0930. The van der Waals surface area contributed by atoms with Gasteiger partial charge in [0, 0.05) is 43.8 Å². The zero-order valence-corrected chi connectivity index (χ0v) is 17.7. The van der Waals surface area contributed by atoms with Crippen LogP contribution in [0.2, 0.25) is 0 Å². The van der Waals surface area contributed by atoms with Crippen LogP contribution in [0.1, 0.15) is 24.8 Å². The average Bonchev–Trinajstić information content (AvgIpc) is 2.66. The van der Waals surface area contributed by atoms with E-state index < -0.39 is 0 Å². The van der Waals surface area contributed by atoms with Crippen LogP contribution in [-0.2, 0) is 9.59 Å². The van der Waals surface area contributed by atoms with Gasteiger partial charge in [0.15, 0.2) is 5.96 Å². The van der Waals surface area contributed by atoms with Crippen LogP contribution in [0.15, 0.2) is 27.7 Å². The molecule has 0 bridgehead atoms. The Kier molecular flexibility index (Phi) is 8.09. The summed E-state index contributed by atoms with van der Waals surface area (Å²) < 4.78 is 0.923. The summed E-state index contributed by atoms with van der Waals surface area (Å²) in [5.41, 5.74) is 1.80. The van der Waals surface area contributed by atoms with E-state index in [-0.39, 0.29) is 18.4 Å². The number of carbonyl (C=O) groups is 2. The van der Waals surface area contributed by atoms with E-state index in [2.05, 4.69) is 41.8 Å². The van der Waals surface area contributed by atoms with E-state index in [0.29, 0.717) is 12.3 Å². The van der Waals surface area contributed by atoms with Gasteiger partial charge in [0.1, 0.15) is 0 Å². The van der Waals surface area contributed by atoms with Crippen molar-refractivity contribution in [1.29, 1.82) is 0 Å². The molecule has 7 nitrogen and oxygen atoms in total. The maximum Gasteiger partial charge on any atom is 0.243 e. The monoisotopic (exact) mass is 437 g/mol. The summed E-state index contributed by atoms with van der Waals surface area (Å²) in [6, 6.07) is 5.78. The second kappa shape index (κ2) is 10.3. The quantitative estimate of drug-likeness (QED) is 0.486. The van der Waals surface area contributed by atoms with Gasteiger partial charge in [0.05, 0.1) is 6.54 Å². The fourth-order valence-electron chi connectivity index (χ4n) is 3.13. The number of halogens is 1. The molecule has 0 aromatic heterocycles. The fourth-order valence-corrected chi connectivity index (χ4v) is 3.49. The molecule has 1 aliphatic heterocycles. The Morgan fingerprint density at radius 1 is 1.26 bits per heavy atom. The number of nitrogens with one attached hydrogen (secondary N) is 3. The summed E-state index contributed by atoms with van der Waals surface area (Å²) in [6.07, 6.45) is 2.46. The lowest BCUT2D eigenvalue weighted by Crippen LogP contribution is -2.47. The Balaban J connectivity index is 1.81. The second-order valence-electron chi connectivity index (χ2n) is 6.72. The average molecular weight is 438 g/mol. The number of likely N-dealkylation sites (tertiary alicyclic amines) is 1. The predicted octanol–water partition coefficient (Wildman–Crippen LogP) is 2.12. The summed E-state index contributed by atoms with van der Waals surface area (Å²) in [4.78, 5) is 30.2. The van der Waals surface area contributed by atoms with Crippen molar-refractivity contribution >= 4 is 39.4 Å². The third-order valence-corrected chi connectivity index (χ3v) is 5.25. The number of hydrogen-bond donors (Lipinski definition) is 3. The van der Waals surface area contributed by atoms with Crippen molar-refractivity contribution in [2.24, 2.45) is 10.9 Å². The summed E-state index contributed by atoms with van der Waals surface area (Å²) in [7, 11) is 3.39. The van der Waals surface area contributed by atoms with Crippen molar-refractivity contribution in [3.8, 4) is 0 Å². The van der Waals surface area contributed by atoms with E-state index in [4.69, 9.17) is 0 Å². The summed E-state index contributed by atoms with van der Waals surface area (Å²) in [5.74, 6) is 1.10. The molecular formula is C19H28BrN5O2. The van der Waals surface area contributed by atoms with Crippen LogP contribution in [0.4, 0.5) is 5.69 Å².